The van der Waals surface area contributed by atoms with Gasteiger partial charge in [0.15, 0.2) is 21.5 Å². The first kappa shape index (κ1) is 26.1. The number of anilines is 2. The van der Waals surface area contributed by atoms with E-state index in [1.807, 2.05) is 5.48 Å². The molecule has 1 amide bonds. The molecule has 3 N–H and O–H groups in total. The Morgan fingerprint density at radius 1 is 1.18 bits per heavy atom. The van der Waals surface area contributed by atoms with Gasteiger partial charge in [-0.25, -0.2) is 27.1 Å². The Kier molecular flexibility index (Phi) is 9.20. The number of carbonyl (C=O) groups is 1. The van der Waals surface area contributed by atoms with Crippen LogP contribution in [0.15, 0.2) is 29.4 Å². The molecular formula is C20H22F3N3O6S. The number of sulfone groups is 1. The van der Waals surface area contributed by atoms with E-state index in [1.54, 1.807) is 6.92 Å². The lowest BCUT2D eigenvalue weighted by molar-refractivity contribution is 0.0168. The molecule has 0 fully saturated rings. The lowest BCUT2D eigenvalue weighted by atomic mass is 10.1. The molecule has 2 aromatic carbocycles. The van der Waals surface area contributed by atoms with Crippen molar-refractivity contribution in [2.45, 2.75) is 6.92 Å². The van der Waals surface area contributed by atoms with Gasteiger partial charge in [-0.15, -0.1) is 0 Å². The van der Waals surface area contributed by atoms with E-state index < -0.39 is 56.6 Å². The molecule has 0 aliphatic carbocycles. The van der Waals surface area contributed by atoms with Crippen molar-refractivity contribution < 1.29 is 41.2 Å². The molecule has 0 aliphatic heterocycles. The van der Waals surface area contributed by atoms with Gasteiger partial charge < -0.3 is 15.3 Å². The van der Waals surface area contributed by atoms with E-state index in [9.17, 15) is 26.4 Å². The van der Waals surface area contributed by atoms with Crippen LogP contribution in [0.25, 0.3) is 0 Å². The van der Waals surface area contributed by atoms with Crippen LogP contribution in [0.1, 0.15) is 21.5 Å². The molecule has 0 unspecified atom stereocenters. The Morgan fingerprint density at radius 2 is 1.91 bits per heavy atom. The van der Waals surface area contributed by atoms with Crippen LogP contribution < -0.4 is 10.8 Å². The molecule has 0 heterocycles. The van der Waals surface area contributed by atoms with Crippen molar-refractivity contribution in [1.29, 1.82) is 0 Å². The Hall–Kier alpha value is -3.16. The van der Waals surface area contributed by atoms with Crippen molar-refractivity contribution >= 4 is 33.3 Å². The number of benzene rings is 2. The largest absolute Gasteiger partial charge is 0.395 e. The molecule has 0 saturated carbocycles. The first-order valence-electron chi connectivity index (χ1n) is 9.44. The lowest BCUT2D eigenvalue weighted by Gasteiger charge is -2.15. The van der Waals surface area contributed by atoms with E-state index in [0.717, 1.165) is 24.6 Å². The second kappa shape index (κ2) is 11.6. The van der Waals surface area contributed by atoms with Crippen LogP contribution in [0, 0.1) is 24.4 Å². The number of nitrogens with zero attached hydrogens (tertiary/aromatic N) is 1. The molecule has 0 radical (unpaired) electrons. The Morgan fingerprint density at radius 3 is 2.55 bits per heavy atom. The highest BCUT2D eigenvalue weighted by molar-refractivity contribution is 7.90. The van der Waals surface area contributed by atoms with Gasteiger partial charge in [-0.1, -0.05) is 11.2 Å². The number of rotatable bonds is 11. The van der Waals surface area contributed by atoms with Gasteiger partial charge in [0.1, 0.15) is 12.4 Å². The number of hydroxylamine groups is 1. The highest BCUT2D eigenvalue weighted by atomic mass is 32.2. The van der Waals surface area contributed by atoms with Crippen LogP contribution in [0.4, 0.5) is 24.5 Å². The highest BCUT2D eigenvalue weighted by Crippen LogP contribution is 2.30. The number of aryl methyl sites for hydroxylation is 1. The van der Waals surface area contributed by atoms with Gasteiger partial charge in [-0.05, 0) is 30.7 Å². The topological polar surface area (TPSA) is 126 Å². The first-order valence-corrected chi connectivity index (χ1v) is 11.5. The van der Waals surface area contributed by atoms with E-state index in [2.05, 4.69) is 10.5 Å². The Bertz CT molecular complexity index is 1140. The van der Waals surface area contributed by atoms with Crippen LogP contribution >= 0.6 is 0 Å². The van der Waals surface area contributed by atoms with E-state index in [-0.39, 0.29) is 24.7 Å². The fraction of sp³-hybridized carbons (Fsp3) is 0.300. The second-order valence-corrected chi connectivity index (χ2v) is 9.09. The monoisotopic (exact) mass is 489 g/mol. The Balaban J connectivity index is 2.40. The van der Waals surface area contributed by atoms with Gasteiger partial charge in [0.2, 0.25) is 0 Å². The molecule has 0 aromatic heterocycles. The van der Waals surface area contributed by atoms with Gasteiger partial charge in [-0.3, -0.25) is 9.63 Å². The lowest BCUT2D eigenvalue weighted by Crippen LogP contribution is -2.26. The molecule has 0 spiro atoms. The SMILES string of the molecule is Cc1ccc(Nc2c(C(=O)NOCCO)cc(/C=N\OCCS(C)(=O)=O)c(F)c2F)c(F)c1. The summed E-state index contributed by atoms with van der Waals surface area (Å²) in [6.45, 7) is 0.623. The minimum atomic E-state index is -3.31. The van der Waals surface area contributed by atoms with Gasteiger partial charge in [-0.2, -0.15) is 0 Å². The minimum Gasteiger partial charge on any atom is -0.395 e. The van der Waals surface area contributed by atoms with Gasteiger partial charge in [0.25, 0.3) is 5.91 Å². The quantitative estimate of drug-likeness (QED) is 0.251. The normalized spacial score (nSPS) is 11.6. The summed E-state index contributed by atoms with van der Waals surface area (Å²) < 4.78 is 65.9. The van der Waals surface area contributed by atoms with E-state index in [4.69, 9.17) is 14.8 Å². The van der Waals surface area contributed by atoms with E-state index in [1.165, 1.54) is 12.1 Å². The summed E-state index contributed by atoms with van der Waals surface area (Å²) >= 11 is 0. The van der Waals surface area contributed by atoms with Crippen molar-refractivity contribution in [2.75, 3.05) is 37.1 Å². The Labute approximate surface area is 188 Å². The molecule has 9 nitrogen and oxygen atoms in total. The van der Waals surface area contributed by atoms with Crippen LogP contribution in [0.5, 0.6) is 0 Å². The van der Waals surface area contributed by atoms with Crippen molar-refractivity contribution in [3.8, 4) is 0 Å². The molecule has 0 aliphatic rings. The van der Waals surface area contributed by atoms with Gasteiger partial charge in [0.05, 0.1) is 42.1 Å². The molecular weight excluding hydrogens is 467 g/mol. The number of nitrogens with one attached hydrogen (secondary N) is 2. The summed E-state index contributed by atoms with van der Waals surface area (Å²) in [6, 6.07) is 4.89. The van der Waals surface area contributed by atoms with E-state index in [0.29, 0.717) is 5.56 Å². The van der Waals surface area contributed by atoms with Crippen LogP contribution in [-0.2, 0) is 19.5 Å². The summed E-state index contributed by atoms with van der Waals surface area (Å²) in [5.41, 5.74) is 0.680. The standard InChI is InChI=1S/C20H22F3N3O6S/c1-12-3-4-16(15(21)9-12)25-19-14(20(28)26-32-6-5-27)10-13(17(22)18(19)23)11-24-31-7-8-33(2,29)30/h3-4,9-11,25,27H,5-8H2,1-2H3,(H,26,28)/b24-11-. The summed E-state index contributed by atoms with van der Waals surface area (Å²) in [5, 5.41) is 14.5. The number of oxime groups is 1. The fourth-order valence-electron chi connectivity index (χ4n) is 2.45. The number of hydrogen-bond acceptors (Lipinski definition) is 8. The van der Waals surface area contributed by atoms with E-state index >= 15 is 0 Å². The third-order valence-electron chi connectivity index (χ3n) is 4.03. The minimum absolute atomic E-state index is 0.213. The maximum atomic E-state index is 14.9. The third kappa shape index (κ3) is 7.73. The predicted octanol–water partition coefficient (Wildman–Crippen LogP) is 2.20. The van der Waals surface area contributed by atoms with Crippen molar-refractivity contribution in [3.63, 3.8) is 0 Å². The number of amides is 1. The van der Waals surface area contributed by atoms with Crippen LogP contribution in [-0.4, -0.2) is 57.5 Å². The molecule has 2 aromatic rings. The molecule has 2 rings (SSSR count). The van der Waals surface area contributed by atoms with Crippen molar-refractivity contribution in [3.05, 3.63) is 58.4 Å². The highest BCUT2D eigenvalue weighted by Gasteiger charge is 2.23. The summed E-state index contributed by atoms with van der Waals surface area (Å²) in [5.74, 6) is -5.06. The van der Waals surface area contributed by atoms with Gasteiger partial charge in [0, 0.05) is 11.8 Å². The summed E-state index contributed by atoms with van der Waals surface area (Å²) in [4.78, 5) is 21.9. The number of halogens is 3. The zero-order valence-corrected chi connectivity index (χ0v) is 18.5. The van der Waals surface area contributed by atoms with Crippen molar-refractivity contribution in [1.82, 2.24) is 5.48 Å². The number of carbonyl (C=O) groups excluding carboxylic acids is 1. The average Bonchev–Trinajstić information content (AvgIpc) is 2.73. The number of hydrogen-bond donors (Lipinski definition) is 3. The maximum absolute atomic E-state index is 14.9. The predicted molar refractivity (Wildman–Crippen MR) is 115 cm³/mol. The first-order chi connectivity index (χ1) is 15.5. The molecule has 0 saturated heterocycles. The zero-order chi connectivity index (χ0) is 24.6. The molecule has 33 heavy (non-hydrogen) atoms. The summed E-state index contributed by atoms with van der Waals surface area (Å²) in [7, 11) is -3.31. The zero-order valence-electron chi connectivity index (χ0n) is 17.7. The fourth-order valence-corrected chi connectivity index (χ4v) is 2.83. The molecule has 0 bridgehead atoms. The third-order valence-corrected chi connectivity index (χ3v) is 4.94. The molecule has 180 valence electrons. The number of aliphatic hydroxyl groups is 1. The van der Waals surface area contributed by atoms with Crippen LogP contribution in [0.2, 0.25) is 0 Å². The smallest absolute Gasteiger partial charge is 0.277 e. The van der Waals surface area contributed by atoms with Gasteiger partial charge >= 0.3 is 0 Å². The molecule has 13 heteroatoms. The maximum Gasteiger partial charge on any atom is 0.277 e. The second-order valence-electron chi connectivity index (χ2n) is 6.83. The summed E-state index contributed by atoms with van der Waals surface area (Å²) in [6.07, 6.45) is 1.74. The average molecular weight is 489 g/mol. The number of aliphatic hydroxyl groups excluding tert-OH is 1. The van der Waals surface area contributed by atoms with Crippen LogP contribution in [0.3, 0.4) is 0 Å². The van der Waals surface area contributed by atoms with Crippen molar-refractivity contribution in [2.24, 2.45) is 5.16 Å². The molecule has 0 atom stereocenters.